The lowest BCUT2D eigenvalue weighted by Crippen LogP contribution is -2.33. The number of hydrogen-bond acceptors (Lipinski definition) is 4. The molecule has 1 aliphatic heterocycles. The molecule has 1 heterocycles. The number of anilines is 1. The van der Waals surface area contributed by atoms with Crippen LogP contribution in [0.4, 0.5) is 18.9 Å². The molecular weight excluding hydrogens is 307 g/mol. The van der Waals surface area contributed by atoms with Gasteiger partial charge in [-0.3, -0.25) is 0 Å². The topological polar surface area (TPSA) is 55.4 Å². The van der Waals surface area contributed by atoms with Crippen LogP contribution >= 0.6 is 0 Å². The van der Waals surface area contributed by atoms with Gasteiger partial charge < -0.3 is 10.1 Å². The molecule has 1 saturated heterocycles. The zero-order valence-corrected chi connectivity index (χ0v) is 12.2. The van der Waals surface area contributed by atoms with Gasteiger partial charge in [0, 0.05) is 12.6 Å². The minimum absolute atomic E-state index is 0.0114. The summed E-state index contributed by atoms with van der Waals surface area (Å²) in [4.78, 5) is -0.739. The molecular formula is C13H16F3NO3S. The van der Waals surface area contributed by atoms with E-state index < -0.39 is 20.2 Å². The molecule has 1 aromatic rings. The van der Waals surface area contributed by atoms with Crippen LogP contribution in [0.2, 0.25) is 0 Å². The van der Waals surface area contributed by atoms with Crippen molar-refractivity contribution >= 4 is 15.5 Å². The van der Waals surface area contributed by atoms with Crippen LogP contribution in [0.3, 0.4) is 0 Å². The van der Waals surface area contributed by atoms with E-state index in [0.29, 0.717) is 19.4 Å². The summed E-state index contributed by atoms with van der Waals surface area (Å²) >= 11 is 0. The minimum Gasteiger partial charge on any atom is -0.381 e. The first-order chi connectivity index (χ1) is 9.72. The van der Waals surface area contributed by atoms with Crippen LogP contribution in [0.25, 0.3) is 0 Å². The van der Waals surface area contributed by atoms with Gasteiger partial charge >= 0.3 is 5.51 Å². The van der Waals surface area contributed by atoms with Gasteiger partial charge in [0.25, 0.3) is 9.84 Å². The molecule has 0 aromatic heterocycles. The Morgan fingerprint density at radius 1 is 1.29 bits per heavy atom. The molecule has 0 amide bonds. The molecule has 0 bridgehead atoms. The van der Waals surface area contributed by atoms with Gasteiger partial charge in [-0.25, -0.2) is 8.42 Å². The summed E-state index contributed by atoms with van der Waals surface area (Å²) in [6.07, 6.45) is 1.22. The highest BCUT2D eigenvalue weighted by Crippen LogP contribution is 2.35. The van der Waals surface area contributed by atoms with E-state index >= 15 is 0 Å². The first-order valence-electron chi connectivity index (χ1n) is 6.50. The number of halogens is 3. The van der Waals surface area contributed by atoms with Crippen LogP contribution in [-0.4, -0.2) is 32.7 Å². The second-order valence-electron chi connectivity index (χ2n) is 4.99. The summed E-state index contributed by atoms with van der Waals surface area (Å²) in [7, 11) is -5.37. The van der Waals surface area contributed by atoms with E-state index in [-0.39, 0.29) is 17.8 Å². The highest BCUT2D eigenvalue weighted by atomic mass is 32.2. The molecule has 118 valence electrons. The first-order valence-corrected chi connectivity index (χ1v) is 7.98. The number of para-hydroxylation sites is 1. The van der Waals surface area contributed by atoms with Crippen molar-refractivity contribution in [3.8, 4) is 0 Å². The zero-order valence-electron chi connectivity index (χ0n) is 11.4. The minimum atomic E-state index is -5.37. The second-order valence-corrected chi connectivity index (χ2v) is 6.90. The fourth-order valence-electron chi connectivity index (χ4n) is 2.29. The number of ether oxygens (including phenoxy) is 1. The van der Waals surface area contributed by atoms with Crippen molar-refractivity contribution in [2.24, 2.45) is 0 Å². The summed E-state index contributed by atoms with van der Waals surface area (Å²) in [5, 5.41) is 2.90. The lowest BCUT2D eigenvalue weighted by molar-refractivity contribution is -0.0435. The standard InChI is InChI=1S/C13H16F3NO3S/c1-9-8-10(6-7-20-9)17-11-4-2-3-5-12(11)21(18,19)13(14,15)16/h2-5,9-10,17H,6-8H2,1H3. The monoisotopic (exact) mass is 323 g/mol. The van der Waals surface area contributed by atoms with E-state index in [0.717, 1.165) is 6.07 Å². The van der Waals surface area contributed by atoms with E-state index in [9.17, 15) is 21.6 Å². The summed E-state index contributed by atoms with van der Waals surface area (Å²) in [5.41, 5.74) is -5.33. The molecule has 0 saturated carbocycles. The highest BCUT2D eigenvalue weighted by Gasteiger charge is 2.48. The first kappa shape index (κ1) is 16.1. The van der Waals surface area contributed by atoms with E-state index in [2.05, 4.69) is 5.32 Å². The fraction of sp³-hybridized carbons (Fsp3) is 0.538. The Kier molecular flexibility index (Phi) is 4.48. The van der Waals surface area contributed by atoms with Gasteiger partial charge in [0.15, 0.2) is 0 Å². The summed E-state index contributed by atoms with van der Waals surface area (Å²) in [6, 6.07) is 4.97. The SMILES string of the molecule is CC1CC(Nc2ccccc2S(=O)(=O)C(F)(F)F)CCO1. The van der Waals surface area contributed by atoms with Crippen molar-refractivity contribution in [3.05, 3.63) is 24.3 Å². The molecule has 1 N–H and O–H groups in total. The lowest BCUT2D eigenvalue weighted by atomic mass is 10.0. The molecule has 0 radical (unpaired) electrons. The fourth-order valence-corrected chi connectivity index (χ4v) is 3.22. The van der Waals surface area contributed by atoms with Crippen LogP contribution in [0.15, 0.2) is 29.2 Å². The zero-order chi connectivity index (χ0) is 15.7. The molecule has 0 aliphatic carbocycles. The number of rotatable bonds is 3. The Morgan fingerprint density at radius 2 is 1.95 bits per heavy atom. The van der Waals surface area contributed by atoms with Crippen LogP contribution < -0.4 is 5.32 Å². The van der Waals surface area contributed by atoms with Gasteiger partial charge in [-0.2, -0.15) is 13.2 Å². The third-order valence-corrected chi connectivity index (χ3v) is 4.87. The van der Waals surface area contributed by atoms with Crippen LogP contribution in [0, 0.1) is 0 Å². The van der Waals surface area contributed by atoms with Gasteiger partial charge in [0.2, 0.25) is 0 Å². The van der Waals surface area contributed by atoms with Crippen molar-refractivity contribution in [3.63, 3.8) is 0 Å². The quantitative estimate of drug-likeness (QED) is 0.929. The van der Waals surface area contributed by atoms with Gasteiger partial charge in [0.1, 0.15) is 0 Å². The summed E-state index contributed by atoms with van der Waals surface area (Å²) < 4.78 is 66.7. The lowest BCUT2D eigenvalue weighted by Gasteiger charge is -2.29. The van der Waals surface area contributed by atoms with Gasteiger partial charge in [0.05, 0.1) is 16.7 Å². The molecule has 2 unspecified atom stereocenters. The average molecular weight is 323 g/mol. The third-order valence-electron chi connectivity index (χ3n) is 3.33. The van der Waals surface area contributed by atoms with E-state index in [1.807, 2.05) is 6.92 Å². The largest absolute Gasteiger partial charge is 0.501 e. The molecule has 2 atom stereocenters. The Hall–Kier alpha value is -1.28. The van der Waals surface area contributed by atoms with E-state index in [1.54, 1.807) is 0 Å². The Morgan fingerprint density at radius 3 is 2.57 bits per heavy atom. The third kappa shape index (κ3) is 3.49. The maximum Gasteiger partial charge on any atom is 0.501 e. The van der Waals surface area contributed by atoms with Gasteiger partial charge in [-0.15, -0.1) is 0 Å². The predicted molar refractivity (Wildman–Crippen MR) is 71.7 cm³/mol. The molecule has 8 heteroatoms. The predicted octanol–water partition coefficient (Wildman–Crippen LogP) is 2.96. The van der Waals surface area contributed by atoms with Crippen molar-refractivity contribution < 1.29 is 26.3 Å². The van der Waals surface area contributed by atoms with E-state index in [1.165, 1.54) is 18.2 Å². The second kappa shape index (κ2) is 5.84. The molecule has 4 nitrogen and oxygen atoms in total. The van der Waals surface area contributed by atoms with Gasteiger partial charge in [-0.1, -0.05) is 12.1 Å². The van der Waals surface area contributed by atoms with Crippen molar-refractivity contribution in [1.29, 1.82) is 0 Å². The maximum absolute atomic E-state index is 12.7. The van der Waals surface area contributed by atoms with Gasteiger partial charge in [-0.05, 0) is 31.9 Å². The Bertz CT molecular complexity index is 601. The maximum atomic E-state index is 12.7. The molecule has 2 rings (SSSR count). The summed E-state index contributed by atoms with van der Waals surface area (Å²) in [5.74, 6) is 0. The molecule has 1 aliphatic rings. The summed E-state index contributed by atoms with van der Waals surface area (Å²) in [6.45, 7) is 2.36. The van der Waals surface area contributed by atoms with Crippen LogP contribution in [-0.2, 0) is 14.6 Å². The molecule has 1 aromatic carbocycles. The van der Waals surface area contributed by atoms with Crippen LogP contribution in [0.1, 0.15) is 19.8 Å². The Labute approximate surface area is 121 Å². The molecule has 1 fully saturated rings. The average Bonchev–Trinajstić information content (AvgIpc) is 2.38. The number of sulfone groups is 1. The van der Waals surface area contributed by atoms with Crippen molar-refractivity contribution in [2.75, 3.05) is 11.9 Å². The molecule has 21 heavy (non-hydrogen) atoms. The van der Waals surface area contributed by atoms with E-state index in [4.69, 9.17) is 4.74 Å². The smallest absolute Gasteiger partial charge is 0.381 e. The normalized spacial score (nSPS) is 23.8. The number of nitrogens with one attached hydrogen (secondary N) is 1. The number of benzene rings is 1. The van der Waals surface area contributed by atoms with Crippen molar-refractivity contribution in [1.82, 2.24) is 0 Å². The molecule has 0 spiro atoms. The van der Waals surface area contributed by atoms with Crippen molar-refractivity contribution in [2.45, 2.75) is 42.3 Å². The number of hydrogen-bond donors (Lipinski definition) is 1. The van der Waals surface area contributed by atoms with Crippen LogP contribution in [0.5, 0.6) is 0 Å². The number of alkyl halides is 3. The Balaban J connectivity index is 2.30. The highest BCUT2D eigenvalue weighted by molar-refractivity contribution is 7.92.